The van der Waals surface area contributed by atoms with Gasteiger partial charge in [-0.15, -0.1) is 0 Å². The summed E-state index contributed by atoms with van der Waals surface area (Å²) < 4.78 is 0. The van der Waals surface area contributed by atoms with Crippen LogP contribution in [0.15, 0.2) is 24.3 Å². The van der Waals surface area contributed by atoms with Crippen molar-refractivity contribution in [2.45, 2.75) is 13.3 Å². The Morgan fingerprint density at radius 3 is 2.20 bits per heavy atom. The molecule has 1 unspecified atom stereocenters. The van der Waals surface area contributed by atoms with E-state index in [-0.39, 0.29) is 17.8 Å². The van der Waals surface area contributed by atoms with Crippen LogP contribution in [0, 0.1) is 5.92 Å². The van der Waals surface area contributed by atoms with Crippen LogP contribution in [0.4, 0.5) is 0 Å². The number of hydrogen-bond donors (Lipinski definition) is 2. The molecule has 0 aliphatic carbocycles. The molecule has 0 aromatic heterocycles. The third-order valence-electron chi connectivity index (χ3n) is 1.79. The highest BCUT2D eigenvalue weighted by Crippen LogP contribution is 2.13. The molecule has 0 saturated carbocycles. The molecule has 15 heavy (non-hydrogen) atoms. The van der Waals surface area contributed by atoms with E-state index in [0.29, 0.717) is 6.08 Å². The fourth-order valence-electron chi connectivity index (χ4n) is 0.989. The summed E-state index contributed by atoms with van der Waals surface area (Å²) in [7, 11) is 0. The van der Waals surface area contributed by atoms with E-state index in [1.54, 1.807) is 0 Å². The van der Waals surface area contributed by atoms with Gasteiger partial charge < -0.3 is 10.2 Å². The van der Waals surface area contributed by atoms with Gasteiger partial charge in [-0.3, -0.25) is 4.79 Å². The van der Waals surface area contributed by atoms with Gasteiger partial charge in [0.15, 0.2) is 5.78 Å². The Bertz CT molecular complexity index is 327. The van der Waals surface area contributed by atoms with Crippen LogP contribution in [0.2, 0.25) is 0 Å². The summed E-state index contributed by atoms with van der Waals surface area (Å²) in [6, 6.07) is 0. The Labute approximate surface area is 86.7 Å². The average Bonchev–Trinajstić information content (AvgIpc) is 2.14. The van der Waals surface area contributed by atoms with E-state index in [1.165, 1.54) is 6.92 Å². The lowest BCUT2D eigenvalue weighted by Gasteiger charge is -2.07. The summed E-state index contributed by atoms with van der Waals surface area (Å²) in [6.45, 7) is 4.78. The molecular formula is C10H12O5. The van der Waals surface area contributed by atoms with E-state index >= 15 is 0 Å². The lowest BCUT2D eigenvalue weighted by atomic mass is 9.97. The number of aliphatic carboxylic acids is 2. The van der Waals surface area contributed by atoms with Crippen molar-refractivity contribution in [3.05, 3.63) is 24.3 Å². The maximum atomic E-state index is 11.1. The van der Waals surface area contributed by atoms with E-state index in [1.807, 2.05) is 0 Å². The molecule has 1 atom stereocenters. The molecule has 0 amide bonds. The molecule has 0 aromatic carbocycles. The monoisotopic (exact) mass is 212 g/mol. The third-order valence-corrected chi connectivity index (χ3v) is 1.79. The molecule has 5 heteroatoms. The SMILES string of the molecule is C=CC(=O)C(C)C/C(=C/C(=O)O)C(=O)O. The summed E-state index contributed by atoms with van der Waals surface area (Å²) in [4.78, 5) is 32.0. The molecule has 2 N–H and O–H groups in total. The quantitative estimate of drug-likeness (QED) is 0.637. The van der Waals surface area contributed by atoms with Gasteiger partial charge in [0.2, 0.25) is 0 Å². The summed E-state index contributed by atoms with van der Waals surface area (Å²) in [5.41, 5.74) is -0.301. The van der Waals surface area contributed by atoms with Gasteiger partial charge in [0.25, 0.3) is 0 Å². The molecule has 0 spiro atoms. The predicted molar refractivity (Wildman–Crippen MR) is 52.3 cm³/mol. The summed E-state index contributed by atoms with van der Waals surface area (Å²) in [5, 5.41) is 17.1. The normalized spacial score (nSPS) is 13.0. The van der Waals surface area contributed by atoms with Crippen LogP contribution in [0.5, 0.6) is 0 Å². The molecule has 0 fully saturated rings. The number of ketones is 1. The Kier molecular flexibility index (Phi) is 5.01. The smallest absolute Gasteiger partial charge is 0.331 e. The van der Waals surface area contributed by atoms with Gasteiger partial charge in [0.1, 0.15) is 0 Å². The summed E-state index contributed by atoms with van der Waals surface area (Å²) in [5.74, 6) is -3.57. The van der Waals surface area contributed by atoms with Crippen molar-refractivity contribution in [2.75, 3.05) is 0 Å². The van der Waals surface area contributed by atoms with Gasteiger partial charge >= 0.3 is 11.9 Å². The van der Waals surface area contributed by atoms with Gasteiger partial charge in [0, 0.05) is 17.6 Å². The largest absolute Gasteiger partial charge is 0.478 e. The Hall–Kier alpha value is -1.91. The molecule has 82 valence electrons. The molecule has 0 radical (unpaired) electrons. The number of carbonyl (C=O) groups is 3. The van der Waals surface area contributed by atoms with Crippen LogP contribution in [-0.2, 0) is 14.4 Å². The maximum Gasteiger partial charge on any atom is 0.331 e. The van der Waals surface area contributed by atoms with Crippen LogP contribution in [-0.4, -0.2) is 27.9 Å². The molecular weight excluding hydrogens is 200 g/mol. The van der Waals surface area contributed by atoms with Crippen molar-refractivity contribution in [3.8, 4) is 0 Å². The van der Waals surface area contributed by atoms with Gasteiger partial charge in [0.05, 0.1) is 0 Å². The van der Waals surface area contributed by atoms with Crippen LogP contribution in [0.1, 0.15) is 13.3 Å². The molecule has 0 aliphatic rings. The molecule has 0 heterocycles. The first-order valence-corrected chi connectivity index (χ1v) is 4.21. The number of hydrogen-bond acceptors (Lipinski definition) is 3. The Morgan fingerprint density at radius 2 is 1.87 bits per heavy atom. The van der Waals surface area contributed by atoms with Gasteiger partial charge in [-0.25, -0.2) is 9.59 Å². The zero-order valence-corrected chi connectivity index (χ0v) is 8.27. The average molecular weight is 212 g/mol. The summed E-state index contributed by atoms with van der Waals surface area (Å²) in [6.07, 6.45) is 1.56. The van der Waals surface area contributed by atoms with Crippen molar-refractivity contribution in [3.63, 3.8) is 0 Å². The zero-order chi connectivity index (χ0) is 12.0. The second kappa shape index (κ2) is 5.74. The Balaban J connectivity index is 4.70. The van der Waals surface area contributed by atoms with E-state index < -0.39 is 17.9 Å². The standard InChI is InChI=1S/C10H12O5/c1-3-8(11)6(2)4-7(10(14)15)5-9(12)13/h3,5-6H,1,4H2,2H3,(H,12,13)(H,14,15)/b7-5-. The number of allylic oxidation sites excluding steroid dienone is 1. The van der Waals surface area contributed by atoms with Crippen LogP contribution < -0.4 is 0 Å². The van der Waals surface area contributed by atoms with Crippen LogP contribution >= 0.6 is 0 Å². The van der Waals surface area contributed by atoms with Crippen LogP contribution in [0.25, 0.3) is 0 Å². The second-order valence-corrected chi connectivity index (χ2v) is 3.02. The van der Waals surface area contributed by atoms with E-state index in [0.717, 1.165) is 6.08 Å². The molecule has 0 aromatic rings. The fraction of sp³-hybridized carbons (Fsp3) is 0.300. The molecule has 0 rings (SSSR count). The molecule has 0 bridgehead atoms. The lowest BCUT2D eigenvalue weighted by Crippen LogP contribution is -2.13. The maximum absolute atomic E-state index is 11.1. The predicted octanol–water partition coefficient (Wildman–Crippen LogP) is 0.863. The summed E-state index contributed by atoms with van der Waals surface area (Å²) >= 11 is 0. The van der Waals surface area contributed by atoms with Crippen molar-refractivity contribution in [2.24, 2.45) is 5.92 Å². The first-order valence-electron chi connectivity index (χ1n) is 4.21. The minimum absolute atomic E-state index is 0.119. The number of carboxylic acids is 2. The number of carboxylic acid groups (broad SMARTS) is 2. The van der Waals surface area contributed by atoms with Crippen molar-refractivity contribution < 1.29 is 24.6 Å². The van der Waals surface area contributed by atoms with Gasteiger partial charge in [-0.2, -0.15) is 0 Å². The second-order valence-electron chi connectivity index (χ2n) is 3.02. The highest BCUT2D eigenvalue weighted by atomic mass is 16.4. The lowest BCUT2D eigenvalue weighted by molar-refractivity contribution is -0.135. The molecule has 0 saturated heterocycles. The number of rotatable bonds is 6. The minimum Gasteiger partial charge on any atom is -0.478 e. The zero-order valence-electron chi connectivity index (χ0n) is 8.27. The Morgan fingerprint density at radius 1 is 1.33 bits per heavy atom. The highest BCUT2D eigenvalue weighted by Gasteiger charge is 2.17. The highest BCUT2D eigenvalue weighted by molar-refractivity contribution is 5.96. The first-order chi connectivity index (χ1) is 6.88. The minimum atomic E-state index is -1.34. The van der Waals surface area contributed by atoms with Crippen molar-refractivity contribution in [1.29, 1.82) is 0 Å². The number of carbonyl (C=O) groups excluding carboxylic acids is 1. The van der Waals surface area contributed by atoms with Gasteiger partial charge in [-0.1, -0.05) is 13.5 Å². The van der Waals surface area contributed by atoms with Crippen LogP contribution in [0.3, 0.4) is 0 Å². The van der Waals surface area contributed by atoms with Gasteiger partial charge in [-0.05, 0) is 12.5 Å². The van der Waals surface area contributed by atoms with E-state index in [9.17, 15) is 14.4 Å². The fourth-order valence-corrected chi connectivity index (χ4v) is 0.989. The first kappa shape index (κ1) is 13.1. The third kappa shape index (κ3) is 4.75. The van der Waals surface area contributed by atoms with Crippen molar-refractivity contribution in [1.82, 2.24) is 0 Å². The van der Waals surface area contributed by atoms with E-state index in [4.69, 9.17) is 10.2 Å². The topological polar surface area (TPSA) is 91.7 Å². The van der Waals surface area contributed by atoms with Crippen molar-refractivity contribution >= 4 is 17.7 Å². The molecule has 0 aliphatic heterocycles. The molecule has 5 nitrogen and oxygen atoms in total. The van der Waals surface area contributed by atoms with E-state index in [2.05, 4.69) is 6.58 Å².